The summed E-state index contributed by atoms with van der Waals surface area (Å²) in [6.07, 6.45) is 9.93. The third kappa shape index (κ3) is 3.93. The summed E-state index contributed by atoms with van der Waals surface area (Å²) in [5.74, 6) is 1.02. The molecule has 0 spiro atoms. The van der Waals surface area contributed by atoms with E-state index < -0.39 is 0 Å². The number of carbonyl (C=O) groups excluding carboxylic acids is 1. The smallest absolute Gasteiger partial charge is 0.233 e. The van der Waals surface area contributed by atoms with E-state index in [0.29, 0.717) is 6.04 Å². The van der Waals surface area contributed by atoms with E-state index in [1.54, 1.807) is 6.20 Å². The van der Waals surface area contributed by atoms with Crippen LogP contribution in [0.15, 0.2) is 24.7 Å². The number of nitrogens with zero attached hydrogens (tertiary/aromatic N) is 4. The first kappa shape index (κ1) is 16.9. The number of hydrogen-bond acceptors (Lipinski definition) is 4. The summed E-state index contributed by atoms with van der Waals surface area (Å²) < 4.78 is 1.94. The van der Waals surface area contributed by atoms with Gasteiger partial charge in [0.15, 0.2) is 0 Å². The van der Waals surface area contributed by atoms with Crippen LogP contribution >= 0.6 is 0 Å². The van der Waals surface area contributed by atoms with Crippen molar-refractivity contribution in [3.8, 4) is 0 Å². The van der Waals surface area contributed by atoms with Gasteiger partial charge in [0, 0.05) is 44.3 Å². The van der Waals surface area contributed by atoms with Gasteiger partial charge in [-0.25, -0.2) is 9.97 Å². The Kier molecular flexibility index (Phi) is 5.45. The highest BCUT2D eigenvalue weighted by Gasteiger charge is 2.30. The lowest BCUT2D eigenvalue weighted by molar-refractivity contribution is -0.127. The van der Waals surface area contributed by atoms with Gasteiger partial charge in [0.05, 0.1) is 11.6 Å². The lowest BCUT2D eigenvalue weighted by Crippen LogP contribution is -2.46. The van der Waals surface area contributed by atoms with Gasteiger partial charge < -0.3 is 5.32 Å². The zero-order valence-corrected chi connectivity index (χ0v) is 14.6. The van der Waals surface area contributed by atoms with Crippen molar-refractivity contribution < 1.29 is 4.79 Å². The van der Waals surface area contributed by atoms with Crippen LogP contribution in [0, 0.1) is 5.92 Å². The molecule has 3 rings (SSSR count). The van der Waals surface area contributed by atoms with E-state index in [1.807, 2.05) is 22.9 Å². The number of piperidine rings is 1. The molecule has 1 fully saturated rings. The lowest BCUT2D eigenvalue weighted by atomic mass is 9.92. The fourth-order valence-corrected chi connectivity index (χ4v) is 3.31. The molecule has 2 aromatic rings. The fourth-order valence-electron chi connectivity index (χ4n) is 3.31. The molecule has 24 heavy (non-hydrogen) atoms. The molecule has 0 bridgehead atoms. The predicted octanol–water partition coefficient (Wildman–Crippen LogP) is 2.25. The van der Waals surface area contributed by atoms with Crippen LogP contribution in [0.4, 0.5) is 0 Å². The van der Waals surface area contributed by atoms with Gasteiger partial charge in [-0.3, -0.25) is 14.1 Å². The average Bonchev–Trinajstić information content (AvgIpc) is 2.99. The van der Waals surface area contributed by atoms with Crippen LogP contribution in [0.2, 0.25) is 0 Å². The molecule has 1 amide bonds. The molecule has 0 radical (unpaired) electrons. The molecule has 0 aromatic carbocycles. The summed E-state index contributed by atoms with van der Waals surface area (Å²) >= 11 is 0. The quantitative estimate of drug-likeness (QED) is 0.826. The second-order valence-electron chi connectivity index (χ2n) is 6.76. The van der Waals surface area contributed by atoms with Gasteiger partial charge >= 0.3 is 0 Å². The largest absolute Gasteiger partial charge is 0.356 e. The number of unbranched alkanes of at least 4 members (excludes halogenated alkanes) is 1. The SMILES string of the molecule is CCCCNC(=O)C1CCC(C)N(Cc2cn3cccnc3n2)C1. The number of likely N-dealkylation sites (tertiary alicyclic amines) is 1. The zero-order valence-electron chi connectivity index (χ0n) is 14.6. The maximum Gasteiger partial charge on any atom is 0.233 e. The molecular weight excluding hydrogens is 302 g/mol. The highest BCUT2D eigenvalue weighted by Crippen LogP contribution is 2.23. The molecule has 2 atom stereocenters. The molecule has 6 heteroatoms. The Labute approximate surface area is 143 Å². The van der Waals surface area contributed by atoms with Crippen molar-refractivity contribution in [2.24, 2.45) is 5.92 Å². The van der Waals surface area contributed by atoms with Crippen LogP contribution < -0.4 is 5.32 Å². The molecule has 2 aromatic heterocycles. The van der Waals surface area contributed by atoms with E-state index in [2.05, 4.69) is 34.0 Å². The van der Waals surface area contributed by atoms with Crippen LogP contribution in [-0.4, -0.2) is 44.3 Å². The number of fused-ring (bicyclic) bond motifs is 1. The summed E-state index contributed by atoms with van der Waals surface area (Å²) in [5, 5.41) is 3.08. The standard InChI is InChI=1S/C18H27N5O/c1-3-4-8-19-17(24)15-7-6-14(2)23(11-15)13-16-12-22-10-5-9-20-18(22)21-16/h5,9-10,12,14-15H,3-4,6-8,11,13H2,1-2H3,(H,19,24). The molecule has 0 aliphatic carbocycles. The number of aromatic nitrogens is 3. The van der Waals surface area contributed by atoms with Gasteiger partial charge in [0.1, 0.15) is 0 Å². The minimum absolute atomic E-state index is 0.0909. The van der Waals surface area contributed by atoms with Crippen molar-refractivity contribution in [1.82, 2.24) is 24.6 Å². The number of nitrogens with one attached hydrogen (secondary N) is 1. The predicted molar refractivity (Wildman–Crippen MR) is 93.5 cm³/mol. The van der Waals surface area contributed by atoms with Crippen molar-refractivity contribution in [2.75, 3.05) is 13.1 Å². The fraction of sp³-hybridized carbons (Fsp3) is 0.611. The van der Waals surface area contributed by atoms with Crippen LogP contribution in [0.5, 0.6) is 0 Å². The molecule has 2 unspecified atom stereocenters. The Morgan fingerprint density at radius 2 is 2.29 bits per heavy atom. The first-order valence-electron chi connectivity index (χ1n) is 8.97. The third-order valence-corrected chi connectivity index (χ3v) is 4.86. The average molecular weight is 329 g/mol. The van der Waals surface area contributed by atoms with Crippen LogP contribution in [-0.2, 0) is 11.3 Å². The Balaban J connectivity index is 1.62. The number of amides is 1. The minimum atomic E-state index is 0.0909. The van der Waals surface area contributed by atoms with E-state index >= 15 is 0 Å². The number of carbonyl (C=O) groups is 1. The Morgan fingerprint density at radius 3 is 3.08 bits per heavy atom. The minimum Gasteiger partial charge on any atom is -0.356 e. The Morgan fingerprint density at radius 1 is 1.42 bits per heavy atom. The summed E-state index contributed by atoms with van der Waals surface area (Å²) in [6.45, 7) is 6.74. The van der Waals surface area contributed by atoms with Crippen LogP contribution in [0.25, 0.3) is 5.78 Å². The number of rotatable bonds is 6. The lowest BCUT2D eigenvalue weighted by Gasteiger charge is -2.36. The third-order valence-electron chi connectivity index (χ3n) is 4.86. The second-order valence-corrected chi connectivity index (χ2v) is 6.76. The highest BCUT2D eigenvalue weighted by atomic mass is 16.1. The van der Waals surface area contributed by atoms with E-state index in [-0.39, 0.29) is 11.8 Å². The molecule has 130 valence electrons. The van der Waals surface area contributed by atoms with Gasteiger partial charge in [0.2, 0.25) is 11.7 Å². The summed E-state index contributed by atoms with van der Waals surface area (Å²) in [4.78, 5) is 23.6. The van der Waals surface area contributed by atoms with Gasteiger partial charge in [0.25, 0.3) is 0 Å². The van der Waals surface area contributed by atoms with Crippen molar-refractivity contribution in [3.05, 3.63) is 30.4 Å². The number of hydrogen-bond donors (Lipinski definition) is 1. The molecule has 6 nitrogen and oxygen atoms in total. The first-order chi connectivity index (χ1) is 11.7. The molecule has 3 heterocycles. The molecule has 1 N–H and O–H groups in total. The Hall–Kier alpha value is -1.95. The van der Waals surface area contributed by atoms with Crippen molar-refractivity contribution in [2.45, 2.75) is 52.1 Å². The summed E-state index contributed by atoms with van der Waals surface area (Å²) in [7, 11) is 0. The maximum absolute atomic E-state index is 12.4. The molecule has 1 saturated heterocycles. The zero-order chi connectivity index (χ0) is 16.9. The molecular formula is C18H27N5O. The Bertz CT molecular complexity index is 650. The molecule has 1 aliphatic rings. The van der Waals surface area contributed by atoms with Crippen molar-refractivity contribution in [1.29, 1.82) is 0 Å². The number of imidazole rings is 1. The van der Waals surface area contributed by atoms with Crippen LogP contribution in [0.1, 0.15) is 45.2 Å². The van der Waals surface area contributed by atoms with Gasteiger partial charge in [-0.05, 0) is 32.3 Å². The molecule has 1 aliphatic heterocycles. The van der Waals surface area contributed by atoms with Crippen LogP contribution in [0.3, 0.4) is 0 Å². The van der Waals surface area contributed by atoms with Crippen molar-refractivity contribution >= 4 is 11.7 Å². The summed E-state index contributed by atoms with van der Waals surface area (Å²) in [5.41, 5.74) is 1.01. The highest BCUT2D eigenvalue weighted by molar-refractivity contribution is 5.78. The normalized spacial score (nSPS) is 21.9. The topological polar surface area (TPSA) is 62.5 Å². The van der Waals surface area contributed by atoms with Crippen molar-refractivity contribution in [3.63, 3.8) is 0 Å². The van der Waals surface area contributed by atoms with E-state index in [0.717, 1.165) is 56.8 Å². The van der Waals surface area contributed by atoms with Gasteiger partial charge in [-0.2, -0.15) is 0 Å². The van der Waals surface area contributed by atoms with E-state index in [4.69, 9.17) is 0 Å². The van der Waals surface area contributed by atoms with E-state index in [1.165, 1.54) is 0 Å². The second kappa shape index (κ2) is 7.75. The maximum atomic E-state index is 12.4. The van der Waals surface area contributed by atoms with Gasteiger partial charge in [-0.1, -0.05) is 13.3 Å². The summed E-state index contributed by atoms with van der Waals surface area (Å²) in [6, 6.07) is 2.38. The van der Waals surface area contributed by atoms with E-state index in [9.17, 15) is 4.79 Å². The van der Waals surface area contributed by atoms with Gasteiger partial charge in [-0.15, -0.1) is 0 Å². The molecule has 0 saturated carbocycles. The first-order valence-corrected chi connectivity index (χ1v) is 8.97. The monoisotopic (exact) mass is 329 g/mol.